The number of halogens is 1. The number of rotatable bonds is 4. The highest BCUT2D eigenvalue weighted by molar-refractivity contribution is 5.55. The van der Waals surface area contributed by atoms with Crippen molar-refractivity contribution in [2.75, 3.05) is 0 Å². The van der Waals surface area contributed by atoms with Crippen molar-refractivity contribution in [2.45, 2.75) is 25.9 Å². The SMILES string of the molecule is C[C@@H](F)CCc1ccc(-c2ncc(O)cn2)cc1. The van der Waals surface area contributed by atoms with Crippen LogP contribution in [0, 0.1) is 0 Å². The van der Waals surface area contributed by atoms with Gasteiger partial charge in [-0.15, -0.1) is 0 Å². The zero-order chi connectivity index (χ0) is 13.0. The minimum atomic E-state index is -0.773. The molecular weight excluding hydrogens is 231 g/mol. The molecule has 0 unspecified atom stereocenters. The summed E-state index contributed by atoms with van der Waals surface area (Å²) in [6.07, 6.45) is 3.22. The molecule has 2 aromatic rings. The number of aromatic nitrogens is 2. The molecule has 3 nitrogen and oxygen atoms in total. The Kier molecular flexibility index (Phi) is 3.87. The Morgan fingerprint density at radius 2 is 1.78 bits per heavy atom. The Morgan fingerprint density at radius 3 is 2.33 bits per heavy atom. The molecule has 0 radical (unpaired) electrons. The largest absolute Gasteiger partial charge is 0.505 e. The topological polar surface area (TPSA) is 46.0 Å². The molecule has 1 N–H and O–H groups in total. The molecular formula is C14H15FN2O. The van der Waals surface area contributed by atoms with Gasteiger partial charge in [-0.1, -0.05) is 24.3 Å². The number of nitrogens with zero attached hydrogens (tertiary/aromatic N) is 2. The third kappa shape index (κ3) is 3.26. The van der Waals surface area contributed by atoms with Crippen LogP contribution in [0.15, 0.2) is 36.7 Å². The summed E-state index contributed by atoms with van der Waals surface area (Å²) in [5.74, 6) is 0.616. The Morgan fingerprint density at radius 1 is 1.17 bits per heavy atom. The van der Waals surface area contributed by atoms with Crippen molar-refractivity contribution in [3.05, 3.63) is 42.2 Å². The molecule has 0 aliphatic rings. The Labute approximate surface area is 105 Å². The minimum absolute atomic E-state index is 0.0484. The lowest BCUT2D eigenvalue weighted by molar-refractivity contribution is 0.341. The number of benzene rings is 1. The molecule has 0 spiro atoms. The monoisotopic (exact) mass is 246 g/mol. The lowest BCUT2D eigenvalue weighted by atomic mass is 10.1. The third-order valence-electron chi connectivity index (χ3n) is 2.68. The van der Waals surface area contributed by atoms with Crippen molar-refractivity contribution in [1.82, 2.24) is 9.97 Å². The molecule has 0 amide bonds. The van der Waals surface area contributed by atoms with Gasteiger partial charge in [-0.3, -0.25) is 0 Å². The van der Waals surface area contributed by atoms with E-state index in [1.807, 2.05) is 24.3 Å². The maximum atomic E-state index is 12.7. The molecule has 4 heteroatoms. The van der Waals surface area contributed by atoms with E-state index in [-0.39, 0.29) is 5.75 Å². The van der Waals surface area contributed by atoms with Crippen molar-refractivity contribution in [3.63, 3.8) is 0 Å². The quantitative estimate of drug-likeness (QED) is 0.901. The number of hydrogen-bond acceptors (Lipinski definition) is 3. The van der Waals surface area contributed by atoms with Crippen molar-refractivity contribution in [2.24, 2.45) is 0 Å². The van der Waals surface area contributed by atoms with Crippen LogP contribution in [0.25, 0.3) is 11.4 Å². The van der Waals surface area contributed by atoms with E-state index in [0.29, 0.717) is 12.2 Å². The summed E-state index contributed by atoms with van der Waals surface area (Å²) in [6, 6.07) is 7.72. The maximum absolute atomic E-state index is 12.7. The van der Waals surface area contributed by atoms with E-state index in [1.54, 1.807) is 6.92 Å². The molecule has 0 bridgehead atoms. The Balaban J connectivity index is 2.09. The van der Waals surface area contributed by atoms with Gasteiger partial charge in [-0.2, -0.15) is 0 Å². The first-order valence-electron chi connectivity index (χ1n) is 5.89. The lowest BCUT2D eigenvalue weighted by Gasteiger charge is -2.04. The first kappa shape index (κ1) is 12.5. The fourth-order valence-electron chi connectivity index (χ4n) is 1.66. The van der Waals surface area contributed by atoms with E-state index in [9.17, 15) is 4.39 Å². The smallest absolute Gasteiger partial charge is 0.159 e. The summed E-state index contributed by atoms with van der Waals surface area (Å²) in [5.41, 5.74) is 1.98. The van der Waals surface area contributed by atoms with Crippen LogP contribution in [0.4, 0.5) is 4.39 Å². The molecule has 1 aromatic heterocycles. The highest BCUT2D eigenvalue weighted by atomic mass is 19.1. The van der Waals surface area contributed by atoms with Crippen molar-refractivity contribution in [1.29, 1.82) is 0 Å². The molecule has 0 saturated carbocycles. The van der Waals surface area contributed by atoms with Gasteiger partial charge in [0.15, 0.2) is 11.6 Å². The molecule has 0 aliphatic heterocycles. The van der Waals surface area contributed by atoms with Crippen molar-refractivity contribution >= 4 is 0 Å². The third-order valence-corrected chi connectivity index (χ3v) is 2.68. The molecule has 0 fully saturated rings. The lowest BCUT2D eigenvalue weighted by Crippen LogP contribution is -1.96. The van der Waals surface area contributed by atoms with E-state index in [2.05, 4.69) is 9.97 Å². The average Bonchev–Trinajstić information content (AvgIpc) is 2.38. The molecule has 1 atom stereocenters. The molecule has 18 heavy (non-hydrogen) atoms. The zero-order valence-electron chi connectivity index (χ0n) is 10.2. The second-order valence-electron chi connectivity index (χ2n) is 4.28. The summed E-state index contributed by atoms with van der Waals surface area (Å²) in [5, 5.41) is 9.11. The molecule has 94 valence electrons. The first-order chi connectivity index (χ1) is 8.65. The van der Waals surface area contributed by atoms with Gasteiger partial charge in [-0.05, 0) is 25.3 Å². The maximum Gasteiger partial charge on any atom is 0.159 e. The van der Waals surface area contributed by atoms with Crippen LogP contribution in [-0.2, 0) is 6.42 Å². The Hall–Kier alpha value is -1.97. The van der Waals surface area contributed by atoms with Gasteiger partial charge >= 0.3 is 0 Å². The van der Waals surface area contributed by atoms with Crippen LogP contribution in [-0.4, -0.2) is 21.2 Å². The molecule has 2 rings (SSSR count). The average molecular weight is 246 g/mol. The van der Waals surface area contributed by atoms with Gasteiger partial charge in [-0.25, -0.2) is 14.4 Å². The molecule has 1 heterocycles. The second kappa shape index (κ2) is 5.58. The van der Waals surface area contributed by atoms with E-state index < -0.39 is 6.17 Å². The van der Waals surface area contributed by atoms with Crippen LogP contribution in [0.2, 0.25) is 0 Å². The van der Waals surface area contributed by atoms with Crippen LogP contribution in [0.3, 0.4) is 0 Å². The summed E-state index contributed by atoms with van der Waals surface area (Å²) in [7, 11) is 0. The van der Waals surface area contributed by atoms with E-state index in [4.69, 9.17) is 5.11 Å². The number of hydrogen-bond donors (Lipinski definition) is 1. The van der Waals surface area contributed by atoms with E-state index in [0.717, 1.165) is 17.5 Å². The van der Waals surface area contributed by atoms with E-state index in [1.165, 1.54) is 12.4 Å². The summed E-state index contributed by atoms with van der Waals surface area (Å²) in [4.78, 5) is 8.06. The van der Waals surface area contributed by atoms with Crippen LogP contribution in [0.1, 0.15) is 18.9 Å². The minimum Gasteiger partial charge on any atom is -0.505 e. The van der Waals surface area contributed by atoms with Gasteiger partial charge < -0.3 is 5.11 Å². The summed E-state index contributed by atoms with van der Waals surface area (Å²) < 4.78 is 12.7. The number of alkyl halides is 1. The fourth-order valence-corrected chi connectivity index (χ4v) is 1.66. The van der Waals surface area contributed by atoms with E-state index >= 15 is 0 Å². The fraction of sp³-hybridized carbons (Fsp3) is 0.286. The van der Waals surface area contributed by atoms with Crippen molar-refractivity contribution < 1.29 is 9.50 Å². The van der Waals surface area contributed by atoms with Gasteiger partial charge in [0.1, 0.15) is 0 Å². The van der Waals surface area contributed by atoms with Gasteiger partial charge in [0.2, 0.25) is 0 Å². The highest BCUT2D eigenvalue weighted by Crippen LogP contribution is 2.17. The summed E-state index contributed by atoms with van der Waals surface area (Å²) in [6.45, 7) is 1.57. The van der Waals surface area contributed by atoms with Gasteiger partial charge in [0.05, 0.1) is 18.6 Å². The Bertz CT molecular complexity index is 494. The zero-order valence-corrected chi connectivity index (χ0v) is 10.2. The van der Waals surface area contributed by atoms with Crippen LogP contribution >= 0.6 is 0 Å². The predicted octanol–water partition coefficient (Wildman–Crippen LogP) is 3.14. The van der Waals surface area contributed by atoms with Crippen LogP contribution in [0.5, 0.6) is 5.75 Å². The second-order valence-corrected chi connectivity index (χ2v) is 4.28. The molecule has 0 aliphatic carbocycles. The highest BCUT2D eigenvalue weighted by Gasteiger charge is 2.03. The predicted molar refractivity (Wildman–Crippen MR) is 68.0 cm³/mol. The number of aromatic hydroxyl groups is 1. The van der Waals surface area contributed by atoms with Gasteiger partial charge in [0.25, 0.3) is 0 Å². The molecule has 0 saturated heterocycles. The van der Waals surface area contributed by atoms with Gasteiger partial charge in [0, 0.05) is 5.56 Å². The van der Waals surface area contributed by atoms with Crippen LogP contribution < -0.4 is 0 Å². The first-order valence-corrected chi connectivity index (χ1v) is 5.89. The standard InChI is InChI=1S/C14H15FN2O/c1-10(15)2-3-11-4-6-12(7-5-11)14-16-8-13(18)9-17-14/h4-10,18H,2-3H2,1H3/t10-/m1/s1. The summed E-state index contributed by atoms with van der Waals surface area (Å²) >= 11 is 0. The molecule has 1 aromatic carbocycles. The number of aryl methyl sites for hydroxylation is 1. The van der Waals surface area contributed by atoms with Crippen molar-refractivity contribution in [3.8, 4) is 17.1 Å². The normalized spacial score (nSPS) is 12.3.